The van der Waals surface area contributed by atoms with Crippen molar-refractivity contribution in [2.75, 3.05) is 13.2 Å². The highest BCUT2D eigenvalue weighted by Crippen LogP contribution is 2.13. The van der Waals surface area contributed by atoms with Crippen LogP contribution in [0.25, 0.3) is 0 Å². The molecule has 0 spiro atoms. The molecule has 0 saturated carbocycles. The van der Waals surface area contributed by atoms with Crippen molar-refractivity contribution in [3.8, 4) is 0 Å². The van der Waals surface area contributed by atoms with Crippen LogP contribution in [0.4, 0.5) is 0 Å². The zero-order chi connectivity index (χ0) is 49.3. The Hall–Kier alpha value is -4.45. The highest BCUT2D eigenvalue weighted by molar-refractivity contribution is 5.71. The van der Waals surface area contributed by atoms with E-state index in [0.29, 0.717) is 12.8 Å². The molecule has 0 aromatic carbocycles. The molecule has 1 atom stereocenters. The quantitative estimate of drug-likeness (QED) is 0.0199. The second-order valence-corrected chi connectivity index (χ2v) is 17.5. The molecule has 0 heterocycles. The van der Waals surface area contributed by atoms with Crippen LogP contribution in [0.5, 0.6) is 0 Å². The zero-order valence-electron chi connectivity index (χ0n) is 43.6. The van der Waals surface area contributed by atoms with Crippen LogP contribution in [0.15, 0.2) is 134 Å². The zero-order valence-corrected chi connectivity index (χ0v) is 43.6. The molecular weight excluding hydrogens is 841 g/mol. The molecular formula is C62H98O6. The van der Waals surface area contributed by atoms with E-state index >= 15 is 0 Å². The van der Waals surface area contributed by atoms with Crippen LogP contribution >= 0.6 is 0 Å². The maximum atomic E-state index is 12.8. The van der Waals surface area contributed by atoms with E-state index in [1.54, 1.807) is 0 Å². The van der Waals surface area contributed by atoms with Crippen LogP contribution in [0, 0.1) is 0 Å². The lowest BCUT2D eigenvalue weighted by Gasteiger charge is -2.18. The first kappa shape index (κ1) is 63.5. The Bertz CT molecular complexity index is 1500. The van der Waals surface area contributed by atoms with E-state index in [-0.39, 0.29) is 37.5 Å². The van der Waals surface area contributed by atoms with Crippen molar-refractivity contribution in [2.24, 2.45) is 0 Å². The largest absolute Gasteiger partial charge is 0.462 e. The lowest BCUT2D eigenvalue weighted by atomic mass is 10.1. The van der Waals surface area contributed by atoms with Gasteiger partial charge < -0.3 is 14.2 Å². The Labute approximate surface area is 417 Å². The second kappa shape index (κ2) is 55.1. The number of carbonyl (C=O) groups is 3. The molecule has 0 aliphatic carbocycles. The minimum Gasteiger partial charge on any atom is -0.462 e. The summed E-state index contributed by atoms with van der Waals surface area (Å²) in [7, 11) is 0. The third kappa shape index (κ3) is 52.5. The first-order chi connectivity index (χ1) is 33.5. The van der Waals surface area contributed by atoms with Gasteiger partial charge in [-0.15, -0.1) is 0 Å². The molecule has 0 rings (SSSR count). The number of unbranched alkanes of at least 4 members (excludes halogenated alkanes) is 19. The predicted octanol–water partition coefficient (Wildman–Crippen LogP) is 18.3. The van der Waals surface area contributed by atoms with E-state index in [9.17, 15) is 14.4 Å². The van der Waals surface area contributed by atoms with E-state index in [1.165, 1.54) is 57.8 Å². The molecule has 0 aliphatic heterocycles. The topological polar surface area (TPSA) is 78.9 Å². The Morgan fingerprint density at radius 2 is 0.647 bits per heavy atom. The van der Waals surface area contributed by atoms with Gasteiger partial charge in [-0.2, -0.15) is 0 Å². The van der Waals surface area contributed by atoms with Gasteiger partial charge in [-0.1, -0.05) is 231 Å². The average molecular weight is 939 g/mol. The Morgan fingerprint density at radius 3 is 1.10 bits per heavy atom. The van der Waals surface area contributed by atoms with Crippen molar-refractivity contribution in [1.29, 1.82) is 0 Å². The molecule has 0 radical (unpaired) electrons. The maximum Gasteiger partial charge on any atom is 0.306 e. The summed E-state index contributed by atoms with van der Waals surface area (Å²) in [4.78, 5) is 38.1. The maximum absolute atomic E-state index is 12.8. The van der Waals surface area contributed by atoms with Crippen molar-refractivity contribution < 1.29 is 28.6 Å². The molecule has 0 bridgehead atoms. The number of rotatable bonds is 47. The van der Waals surface area contributed by atoms with Gasteiger partial charge in [-0.25, -0.2) is 0 Å². The fourth-order valence-electron chi connectivity index (χ4n) is 6.97. The number of carbonyl (C=O) groups excluding carboxylic acids is 3. The van der Waals surface area contributed by atoms with Crippen LogP contribution in [0.3, 0.4) is 0 Å². The van der Waals surface area contributed by atoms with E-state index < -0.39 is 6.10 Å². The number of allylic oxidation sites excluding steroid dienone is 22. The van der Waals surface area contributed by atoms with Gasteiger partial charge in [0.15, 0.2) is 6.10 Å². The van der Waals surface area contributed by atoms with Gasteiger partial charge in [0, 0.05) is 19.3 Å². The number of hydrogen-bond donors (Lipinski definition) is 0. The van der Waals surface area contributed by atoms with E-state index in [2.05, 4.69) is 106 Å². The summed E-state index contributed by atoms with van der Waals surface area (Å²) < 4.78 is 16.8. The van der Waals surface area contributed by atoms with Gasteiger partial charge in [0.25, 0.3) is 0 Å². The van der Waals surface area contributed by atoms with Gasteiger partial charge >= 0.3 is 17.9 Å². The summed E-state index contributed by atoms with van der Waals surface area (Å²) in [5, 5.41) is 0. The van der Waals surface area contributed by atoms with Crippen LogP contribution in [0.2, 0.25) is 0 Å². The first-order valence-electron chi connectivity index (χ1n) is 27.3. The predicted molar refractivity (Wildman–Crippen MR) is 292 cm³/mol. The van der Waals surface area contributed by atoms with Crippen LogP contribution in [0.1, 0.15) is 220 Å². The van der Waals surface area contributed by atoms with Crippen LogP contribution < -0.4 is 0 Å². The fourth-order valence-corrected chi connectivity index (χ4v) is 6.97. The summed E-state index contributed by atoms with van der Waals surface area (Å²) in [5.41, 5.74) is 0. The summed E-state index contributed by atoms with van der Waals surface area (Å²) in [6, 6.07) is 0. The Balaban J connectivity index is 4.54. The molecule has 0 amide bonds. The Kier molecular flexibility index (Phi) is 51.5. The molecule has 0 fully saturated rings. The average Bonchev–Trinajstić information content (AvgIpc) is 3.34. The van der Waals surface area contributed by atoms with Gasteiger partial charge in [-0.3, -0.25) is 14.4 Å². The van der Waals surface area contributed by atoms with E-state index in [4.69, 9.17) is 14.2 Å². The molecule has 1 unspecified atom stereocenters. The van der Waals surface area contributed by atoms with Crippen LogP contribution in [-0.2, 0) is 28.6 Å². The highest BCUT2D eigenvalue weighted by Gasteiger charge is 2.19. The normalized spacial score (nSPS) is 13.2. The lowest BCUT2D eigenvalue weighted by molar-refractivity contribution is -0.167. The van der Waals surface area contributed by atoms with Gasteiger partial charge in [0.2, 0.25) is 0 Å². The summed E-state index contributed by atoms with van der Waals surface area (Å²) in [5.74, 6) is -1.00. The molecule has 0 N–H and O–H groups in total. The van der Waals surface area contributed by atoms with E-state index in [1.807, 2.05) is 48.6 Å². The highest BCUT2D eigenvalue weighted by atomic mass is 16.6. The molecule has 68 heavy (non-hydrogen) atoms. The van der Waals surface area contributed by atoms with Crippen LogP contribution in [-0.4, -0.2) is 37.2 Å². The van der Waals surface area contributed by atoms with Crippen molar-refractivity contribution in [1.82, 2.24) is 0 Å². The number of esters is 3. The minimum absolute atomic E-state index is 0.115. The lowest BCUT2D eigenvalue weighted by Crippen LogP contribution is -2.30. The number of ether oxygens (including phenoxy) is 3. The SMILES string of the molecule is CC\C=C/C=C\C=C/C=C\C=C/CCCCCC(=O)OCC(COC(=O)CCCCCCCC/C=C\C/C=C\C/C=C\C/C=C\CC)OC(=O)CCCCC/C=C\C=C/CCCCCCCCC. The molecule has 6 nitrogen and oxygen atoms in total. The molecule has 382 valence electrons. The minimum atomic E-state index is -0.821. The number of hydrogen-bond acceptors (Lipinski definition) is 6. The van der Waals surface area contributed by atoms with Gasteiger partial charge in [0.1, 0.15) is 13.2 Å². The summed E-state index contributed by atoms with van der Waals surface area (Å²) in [6.07, 6.45) is 77.2. The van der Waals surface area contributed by atoms with Crippen molar-refractivity contribution in [3.63, 3.8) is 0 Å². The first-order valence-corrected chi connectivity index (χ1v) is 27.3. The Morgan fingerprint density at radius 1 is 0.324 bits per heavy atom. The van der Waals surface area contributed by atoms with Gasteiger partial charge in [0.05, 0.1) is 0 Å². The fraction of sp³-hybridized carbons (Fsp3) is 0.597. The standard InChI is InChI=1S/C62H98O6/c1-4-7-10-13-16-19-22-25-28-30-31-32-35-37-40-43-46-49-52-55-61(64)67-58-59(57-66-60(63)54-51-48-45-42-39-36-33-27-24-21-18-15-12-9-6-3)68-62(65)56-53-50-47-44-41-38-34-29-26-23-20-17-14-11-8-5-2/h7,9-10,12,15-16,18-19,21,24-25,27-29,31-34,36,38-39,41,59H,4-6,8,11,13-14,17,20,22-23,26,30,35,37,40,42-58H2,1-3H3/b10-7-,12-9-,18-15-,19-16-,24-21-,28-25-,32-31-,33-27-,34-29-,39-36-,41-38-. The smallest absolute Gasteiger partial charge is 0.306 e. The molecule has 6 heteroatoms. The molecule has 0 aromatic rings. The second-order valence-electron chi connectivity index (χ2n) is 17.5. The monoisotopic (exact) mass is 939 g/mol. The molecule has 0 aliphatic rings. The van der Waals surface area contributed by atoms with Crippen molar-refractivity contribution in [3.05, 3.63) is 134 Å². The summed E-state index contributed by atoms with van der Waals surface area (Å²) >= 11 is 0. The summed E-state index contributed by atoms with van der Waals surface area (Å²) in [6.45, 7) is 6.29. The molecule has 0 aromatic heterocycles. The van der Waals surface area contributed by atoms with Crippen molar-refractivity contribution in [2.45, 2.75) is 226 Å². The van der Waals surface area contributed by atoms with Crippen molar-refractivity contribution >= 4 is 17.9 Å². The van der Waals surface area contributed by atoms with Gasteiger partial charge in [-0.05, 0) is 103 Å². The third-order valence-electron chi connectivity index (χ3n) is 11.0. The third-order valence-corrected chi connectivity index (χ3v) is 11.0. The van der Waals surface area contributed by atoms with E-state index in [0.717, 1.165) is 122 Å². The molecule has 0 saturated heterocycles.